The first-order valence-electron chi connectivity index (χ1n) is 11.1. The van der Waals surface area contributed by atoms with Gasteiger partial charge in [-0.3, -0.25) is 10.1 Å². The van der Waals surface area contributed by atoms with Crippen LogP contribution in [0.5, 0.6) is 5.75 Å². The van der Waals surface area contributed by atoms with Gasteiger partial charge in [0.2, 0.25) is 5.95 Å². The Balaban J connectivity index is 1.69. The van der Waals surface area contributed by atoms with E-state index in [1.165, 1.54) is 13.2 Å². The first-order valence-corrected chi connectivity index (χ1v) is 11.1. The molecule has 184 valence electrons. The molecule has 0 bridgehead atoms. The predicted octanol–water partition coefficient (Wildman–Crippen LogP) is 4.15. The zero-order chi connectivity index (χ0) is 25.8. The minimum atomic E-state index is -0.415. The number of H-pyrrole nitrogens is 1. The number of methoxy groups -OCH3 is 1. The fourth-order valence-corrected chi connectivity index (χ4v) is 3.90. The van der Waals surface area contributed by atoms with Crippen LogP contribution in [-0.2, 0) is 0 Å². The van der Waals surface area contributed by atoms with Gasteiger partial charge in [-0.2, -0.15) is 5.26 Å². The second-order valence-corrected chi connectivity index (χ2v) is 8.46. The Kier molecular flexibility index (Phi) is 6.98. The molecule has 0 amide bonds. The normalized spacial score (nSPS) is 10.9. The Morgan fingerprint density at radius 2 is 2.03 bits per heavy atom. The van der Waals surface area contributed by atoms with E-state index in [1.807, 2.05) is 43.1 Å². The number of ether oxygens (including phenoxy) is 1. The molecule has 0 unspecified atom stereocenters. The van der Waals surface area contributed by atoms with Gasteiger partial charge in [0.25, 0.3) is 5.69 Å². The molecule has 11 heteroatoms. The van der Waals surface area contributed by atoms with Crippen LogP contribution in [0.3, 0.4) is 0 Å². The first kappa shape index (κ1) is 24.4. The molecule has 0 aliphatic carbocycles. The Labute approximate surface area is 208 Å². The molecule has 2 heterocycles. The van der Waals surface area contributed by atoms with Gasteiger partial charge < -0.3 is 24.8 Å². The van der Waals surface area contributed by atoms with Crippen molar-refractivity contribution in [2.24, 2.45) is 0 Å². The Bertz CT molecular complexity index is 1460. The van der Waals surface area contributed by atoms with Gasteiger partial charge in [0, 0.05) is 55.6 Å². The lowest BCUT2D eigenvalue weighted by Crippen LogP contribution is -2.28. The van der Waals surface area contributed by atoms with Crippen LogP contribution in [0.15, 0.2) is 48.8 Å². The molecule has 0 saturated heterocycles. The maximum Gasteiger partial charge on any atom is 0.294 e. The minimum Gasteiger partial charge on any atom is -0.494 e. The summed E-state index contributed by atoms with van der Waals surface area (Å²) in [5, 5.41) is 25.2. The minimum absolute atomic E-state index is 0.0589. The van der Waals surface area contributed by atoms with E-state index in [2.05, 4.69) is 26.3 Å². The molecule has 0 spiro atoms. The van der Waals surface area contributed by atoms with Crippen LogP contribution >= 0.6 is 0 Å². The summed E-state index contributed by atoms with van der Waals surface area (Å²) in [6.07, 6.45) is 3.39. The average molecular weight is 487 g/mol. The highest BCUT2D eigenvalue weighted by Gasteiger charge is 2.22. The zero-order valence-electron chi connectivity index (χ0n) is 20.4. The molecule has 0 radical (unpaired) electrons. The molecule has 11 nitrogen and oxygen atoms in total. The van der Waals surface area contributed by atoms with Gasteiger partial charge in [0.1, 0.15) is 17.5 Å². The number of likely N-dealkylation sites (N-methyl/N-ethyl adjacent to an activating group) is 2. The molecular formula is C25H26N8O3. The van der Waals surface area contributed by atoms with Crippen molar-refractivity contribution in [1.82, 2.24) is 19.9 Å². The monoisotopic (exact) mass is 486 g/mol. The average Bonchev–Trinajstić information content (AvgIpc) is 3.31. The highest BCUT2D eigenvalue weighted by molar-refractivity contribution is 5.97. The third-order valence-electron chi connectivity index (χ3n) is 5.80. The van der Waals surface area contributed by atoms with Crippen LogP contribution in [-0.4, -0.2) is 66.1 Å². The van der Waals surface area contributed by atoms with E-state index in [0.29, 0.717) is 34.9 Å². The van der Waals surface area contributed by atoms with Crippen LogP contribution in [0.25, 0.3) is 22.2 Å². The summed E-state index contributed by atoms with van der Waals surface area (Å²) in [6, 6.07) is 12.5. The molecule has 36 heavy (non-hydrogen) atoms. The number of nitriles is 1. The van der Waals surface area contributed by atoms with Crippen molar-refractivity contribution in [2.45, 2.75) is 0 Å². The number of anilines is 3. The summed E-state index contributed by atoms with van der Waals surface area (Å²) in [7, 11) is 7.21. The molecule has 0 saturated carbocycles. The summed E-state index contributed by atoms with van der Waals surface area (Å²) in [4.78, 5) is 27.4. The summed E-state index contributed by atoms with van der Waals surface area (Å²) in [5.74, 6) is 0.673. The third-order valence-corrected chi connectivity index (χ3v) is 5.80. The van der Waals surface area contributed by atoms with E-state index in [4.69, 9.17) is 4.74 Å². The molecule has 4 rings (SSSR count). The van der Waals surface area contributed by atoms with Gasteiger partial charge in [-0.25, -0.2) is 9.97 Å². The lowest BCUT2D eigenvalue weighted by atomic mass is 10.1. The number of aromatic nitrogens is 3. The fourth-order valence-electron chi connectivity index (χ4n) is 3.90. The van der Waals surface area contributed by atoms with Gasteiger partial charge in [-0.05, 0) is 26.2 Å². The van der Waals surface area contributed by atoms with Crippen molar-refractivity contribution in [3.05, 3.63) is 64.5 Å². The van der Waals surface area contributed by atoms with E-state index < -0.39 is 4.92 Å². The topological polar surface area (TPSA) is 136 Å². The Morgan fingerprint density at radius 1 is 1.22 bits per heavy atom. The molecule has 2 aromatic heterocycles. The lowest BCUT2D eigenvalue weighted by molar-refractivity contribution is -0.384. The van der Waals surface area contributed by atoms with Crippen molar-refractivity contribution < 1.29 is 9.66 Å². The summed E-state index contributed by atoms with van der Waals surface area (Å²) >= 11 is 0. The first-order chi connectivity index (χ1) is 17.3. The van der Waals surface area contributed by atoms with Crippen LogP contribution in [0.1, 0.15) is 5.56 Å². The number of aromatic amines is 1. The number of rotatable bonds is 9. The second kappa shape index (κ2) is 10.3. The van der Waals surface area contributed by atoms with Crippen LogP contribution in [0.4, 0.5) is 23.0 Å². The van der Waals surface area contributed by atoms with Crippen molar-refractivity contribution >= 4 is 33.9 Å². The molecule has 2 aromatic carbocycles. The van der Waals surface area contributed by atoms with Crippen molar-refractivity contribution in [2.75, 3.05) is 51.6 Å². The standard InChI is InChI=1S/C25H26N8O3/c1-31(2)10-11-32(3)21-13-23(36-4)20(12-22(21)33(34)35)30-25-27-9-8-19(29-25)18-15-28-24-16(14-26)6-5-7-17(18)24/h5-9,12-13,15,28H,10-11H2,1-4H3,(H,27,29,30). The Hall–Kier alpha value is -4.69. The van der Waals surface area contributed by atoms with E-state index in [1.54, 1.807) is 30.6 Å². The number of hydrogen-bond acceptors (Lipinski definition) is 9. The smallest absolute Gasteiger partial charge is 0.294 e. The number of nitrogens with one attached hydrogen (secondary N) is 2. The van der Waals surface area contributed by atoms with E-state index in [0.717, 1.165) is 23.0 Å². The predicted molar refractivity (Wildman–Crippen MR) is 139 cm³/mol. The van der Waals surface area contributed by atoms with Crippen molar-refractivity contribution in [3.63, 3.8) is 0 Å². The molecule has 4 aromatic rings. The number of hydrogen-bond donors (Lipinski definition) is 2. The highest BCUT2D eigenvalue weighted by atomic mass is 16.6. The fraction of sp³-hybridized carbons (Fsp3) is 0.240. The van der Waals surface area contributed by atoms with Gasteiger partial charge in [-0.1, -0.05) is 12.1 Å². The molecular weight excluding hydrogens is 460 g/mol. The highest BCUT2D eigenvalue weighted by Crippen LogP contribution is 2.39. The van der Waals surface area contributed by atoms with Crippen LogP contribution in [0, 0.1) is 21.4 Å². The maximum absolute atomic E-state index is 11.9. The largest absolute Gasteiger partial charge is 0.494 e. The number of nitro groups is 1. The zero-order valence-corrected chi connectivity index (χ0v) is 20.4. The molecule has 0 aliphatic heterocycles. The van der Waals surface area contributed by atoms with Crippen molar-refractivity contribution in [3.8, 4) is 23.1 Å². The quantitative estimate of drug-likeness (QED) is 0.264. The molecule has 0 aliphatic rings. The van der Waals surface area contributed by atoms with Gasteiger partial charge in [0.05, 0.1) is 34.5 Å². The summed E-state index contributed by atoms with van der Waals surface area (Å²) in [6.45, 7) is 1.34. The Morgan fingerprint density at radius 3 is 2.72 bits per heavy atom. The number of nitrogens with zero attached hydrogens (tertiary/aromatic N) is 6. The van der Waals surface area contributed by atoms with Crippen LogP contribution in [0.2, 0.25) is 0 Å². The van der Waals surface area contributed by atoms with Gasteiger partial charge in [0.15, 0.2) is 0 Å². The molecule has 0 atom stereocenters. The van der Waals surface area contributed by atoms with Gasteiger partial charge in [-0.15, -0.1) is 0 Å². The van der Waals surface area contributed by atoms with E-state index in [-0.39, 0.29) is 11.6 Å². The van der Waals surface area contributed by atoms with Crippen molar-refractivity contribution in [1.29, 1.82) is 5.26 Å². The number of fused-ring (bicyclic) bond motifs is 1. The van der Waals surface area contributed by atoms with E-state index in [9.17, 15) is 15.4 Å². The SMILES string of the molecule is COc1cc(N(C)CCN(C)C)c([N+](=O)[O-])cc1Nc1nccc(-c2c[nH]c3c(C#N)cccc23)n1. The lowest BCUT2D eigenvalue weighted by Gasteiger charge is -2.22. The second-order valence-electron chi connectivity index (χ2n) is 8.46. The third kappa shape index (κ3) is 4.89. The summed E-state index contributed by atoms with van der Waals surface area (Å²) < 4.78 is 5.54. The number of nitro benzene ring substituents is 1. The number of benzene rings is 2. The maximum atomic E-state index is 11.9. The summed E-state index contributed by atoms with van der Waals surface area (Å²) in [5.41, 5.74) is 3.47. The van der Waals surface area contributed by atoms with Crippen LogP contribution < -0.4 is 15.0 Å². The van der Waals surface area contributed by atoms with E-state index >= 15 is 0 Å². The number of para-hydroxylation sites is 1. The van der Waals surface area contributed by atoms with Gasteiger partial charge >= 0.3 is 0 Å². The molecule has 2 N–H and O–H groups in total. The molecule has 0 fully saturated rings.